The first-order chi connectivity index (χ1) is 17.2. The molecule has 0 unspecified atom stereocenters. The van der Waals surface area contributed by atoms with E-state index < -0.39 is 24.0 Å². The molecule has 0 aliphatic carbocycles. The number of hydrogen-bond acceptors (Lipinski definition) is 4. The van der Waals surface area contributed by atoms with Crippen LogP contribution < -0.4 is 14.8 Å². The van der Waals surface area contributed by atoms with Gasteiger partial charge in [0.2, 0.25) is 0 Å². The number of nitrogens with zero attached hydrogens (tertiary/aromatic N) is 2. The maximum atomic E-state index is 13.6. The lowest BCUT2D eigenvalue weighted by molar-refractivity contribution is -0.144. The summed E-state index contributed by atoms with van der Waals surface area (Å²) < 4.78 is 54.1. The zero-order valence-corrected chi connectivity index (χ0v) is 19.7. The minimum Gasteiger partial charge on any atom is -0.493 e. The van der Waals surface area contributed by atoms with Gasteiger partial charge in [0.05, 0.1) is 30.0 Å². The van der Waals surface area contributed by atoms with Crippen LogP contribution in [0.3, 0.4) is 0 Å². The van der Waals surface area contributed by atoms with Gasteiger partial charge in [0, 0.05) is 18.7 Å². The highest BCUT2D eigenvalue weighted by molar-refractivity contribution is 5.83. The average molecular weight is 496 g/mol. The summed E-state index contributed by atoms with van der Waals surface area (Å²) in [5, 5.41) is 7.54. The van der Waals surface area contributed by atoms with Gasteiger partial charge in [0.1, 0.15) is 23.4 Å². The predicted octanol–water partition coefficient (Wildman–Crippen LogP) is 5.38. The molecule has 0 saturated heterocycles. The van der Waals surface area contributed by atoms with Crippen molar-refractivity contribution in [2.75, 3.05) is 6.61 Å². The number of aromatic nitrogens is 2. The molecule has 0 fully saturated rings. The summed E-state index contributed by atoms with van der Waals surface area (Å²) in [7, 11) is 0. The lowest BCUT2D eigenvalue weighted by Gasteiger charge is -2.27. The molecule has 1 aliphatic rings. The van der Waals surface area contributed by atoms with Crippen molar-refractivity contribution in [1.29, 1.82) is 0 Å². The quantitative estimate of drug-likeness (QED) is 0.374. The second-order valence-corrected chi connectivity index (χ2v) is 8.91. The zero-order valence-electron chi connectivity index (χ0n) is 19.7. The van der Waals surface area contributed by atoms with E-state index in [-0.39, 0.29) is 5.82 Å². The van der Waals surface area contributed by atoms with Crippen molar-refractivity contribution >= 4 is 16.8 Å². The van der Waals surface area contributed by atoms with E-state index in [0.29, 0.717) is 30.5 Å². The molecule has 6 nitrogen and oxygen atoms in total. The van der Waals surface area contributed by atoms with Gasteiger partial charge in [-0.1, -0.05) is 12.1 Å². The van der Waals surface area contributed by atoms with Crippen molar-refractivity contribution in [3.8, 4) is 17.2 Å². The molecule has 1 N–H and O–H groups in total. The minimum absolute atomic E-state index is 0.337. The Morgan fingerprint density at radius 2 is 1.92 bits per heavy atom. The molecule has 1 aromatic heterocycles. The number of nitrogens with one attached hydrogen (secondary N) is 1. The van der Waals surface area contributed by atoms with Crippen LogP contribution in [0.1, 0.15) is 31.1 Å². The van der Waals surface area contributed by atoms with Crippen LogP contribution >= 0.6 is 0 Å². The number of rotatable bonds is 7. The van der Waals surface area contributed by atoms with Crippen LogP contribution in [0.2, 0.25) is 0 Å². The van der Waals surface area contributed by atoms with Crippen molar-refractivity contribution in [2.45, 2.75) is 38.3 Å². The highest BCUT2D eigenvalue weighted by Gasteiger charge is 2.35. The lowest BCUT2D eigenvalue weighted by Crippen LogP contribution is -2.46. The topological polar surface area (TPSA) is 65.4 Å². The normalized spacial score (nSPS) is 14.7. The minimum atomic E-state index is -3.52. The van der Waals surface area contributed by atoms with Gasteiger partial charge >= 0.3 is 5.92 Å². The second kappa shape index (κ2) is 9.22. The standard InChI is InChI=1S/C27H24F3N3O3/c1-16(32-26(34)27(2,29)30)25(18-4-3-17-11-12-35-24(17)14-18)36-22-9-10-23-19(13-22)15-31-33(23)21-7-5-20(28)6-8-21/h3-10,13-16,25H,11-12H2,1-2H3,(H,32,34)/t16-,25+/m0/s1. The highest BCUT2D eigenvalue weighted by Crippen LogP contribution is 2.33. The number of hydrogen-bond donors (Lipinski definition) is 1. The van der Waals surface area contributed by atoms with E-state index >= 15 is 0 Å². The molecule has 2 heterocycles. The molecule has 9 heteroatoms. The van der Waals surface area contributed by atoms with Crippen LogP contribution in [0.25, 0.3) is 16.6 Å². The molecule has 5 rings (SSSR count). The molecule has 0 bridgehead atoms. The molecule has 4 aromatic rings. The van der Waals surface area contributed by atoms with Gasteiger partial charge in [-0.15, -0.1) is 0 Å². The summed E-state index contributed by atoms with van der Waals surface area (Å²) in [5.41, 5.74) is 3.23. The summed E-state index contributed by atoms with van der Waals surface area (Å²) >= 11 is 0. The summed E-state index contributed by atoms with van der Waals surface area (Å²) in [6.07, 6.45) is 1.69. The van der Waals surface area contributed by atoms with E-state index in [1.165, 1.54) is 12.1 Å². The molecule has 2 atom stereocenters. The lowest BCUT2D eigenvalue weighted by atomic mass is 10.00. The first kappa shape index (κ1) is 23.7. The van der Waals surface area contributed by atoms with E-state index in [9.17, 15) is 18.0 Å². The zero-order chi connectivity index (χ0) is 25.4. The third-order valence-electron chi connectivity index (χ3n) is 6.13. The molecule has 3 aromatic carbocycles. The number of amides is 1. The number of carbonyl (C=O) groups is 1. The van der Waals surface area contributed by atoms with E-state index in [1.807, 2.05) is 24.3 Å². The van der Waals surface area contributed by atoms with Gasteiger partial charge in [-0.2, -0.15) is 13.9 Å². The third kappa shape index (κ3) is 4.73. The van der Waals surface area contributed by atoms with Gasteiger partial charge in [0.15, 0.2) is 0 Å². The van der Waals surface area contributed by atoms with Crippen LogP contribution in [0.4, 0.5) is 13.2 Å². The number of ether oxygens (including phenoxy) is 2. The second-order valence-electron chi connectivity index (χ2n) is 8.91. The van der Waals surface area contributed by atoms with Crippen LogP contribution in [0.15, 0.2) is 66.9 Å². The molecule has 0 saturated carbocycles. The third-order valence-corrected chi connectivity index (χ3v) is 6.13. The van der Waals surface area contributed by atoms with Crippen molar-refractivity contribution in [2.24, 2.45) is 0 Å². The predicted molar refractivity (Wildman–Crippen MR) is 128 cm³/mol. The molecule has 36 heavy (non-hydrogen) atoms. The van der Waals surface area contributed by atoms with Gasteiger partial charge < -0.3 is 14.8 Å². The smallest absolute Gasteiger partial charge is 0.321 e. The van der Waals surface area contributed by atoms with Gasteiger partial charge in [0.25, 0.3) is 5.91 Å². The van der Waals surface area contributed by atoms with Crippen molar-refractivity contribution in [3.05, 3.63) is 83.8 Å². The summed E-state index contributed by atoms with van der Waals surface area (Å²) in [6, 6.07) is 16.1. The number of alkyl halides is 2. The monoisotopic (exact) mass is 495 g/mol. The summed E-state index contributed by atoms with van der Waals surface area (Å²) in [5.74, 6) is -4.05. The Labute approximate surface area is 205 Å². The maximum Gasteiger partial charge on any atom is 0.321 e. The van der Waals surface area contributed by atoms with Crippen LogP contribution in [0.5, 0.6) is 11.5 Å². The SMILES string of the molecule is C[C@H](NC(=O)C(C)(F)F)[C@@H](Oc1ccc2c(cnn2-c2ccc(F)cc2)c1)c1ccc2c(c1)OCC2. The molecule has 1 amide bonds. The molecular weight excluding hydrogens is 471 g/mol. The van der Waals surface area contributed by atoms with Gasteiger partial charge in [-0.05, 0) is 66.6 Å². The fourth-order valence-corrected chi connectivity index (χ4v) is 4.25. The summed E-state index contributed by atoms with van der Waals surface area (Å²) in [4.78, 5) is 12.0. The fraction of sp³-hybridized carbons (Fsp3) is 0.259. The fourth-order valence-electron chi connectivity index (χ4n) is 4.25. The van der Waals surface area contributed by atoms with Crippen LogP contribution in [-0.4, -0.2) is 34.3 Å². The van der Waals surface area contributed by atoms with Crippen LogP contribution in [-0.2, 0) is 11.2 Å². The Bertz CT molecular complexity index is 1410. The first-order valence-electron chi connectivity index (χ1n) is 11.5. The Morgan fingerprint density at radius 1 is 1.14 bits per heavy atom. The molecular formula is C27H24F3N3O3. The van der Waals surface area contributed by atoms with Gasteiger partial charge in [-0.25, -0.2) is 9.07 Å². The molecule has 0 radical (unpaired) electrons. The average Bonchev–Trinajstić information content (AvgIpc) is 3.48. The van der Waals surface area contributed by atoms with Crippen molar-refractivity contribution in [3.63, 3.8) is 0 Å². The van der Waals surface area contributed by atoms with Crippen LogP contribution in [0, 0.1) is 5.82 Å². The van der Waals surface area contributed by atoms with E-state index in [4.69, 9.17) is 9.47 Å². The first-order valence-corrected chi connectivity index (χ1v) is 11.5. The van der Waals surface area contributed by atoms with E-state index in [2.05, 4.69) is 10.4 Å². The number of fused-ring (bicyclic) bond motifs is 2. The maximum absolute atomic E-state index is 13.6. The Hall–Kier alpha value is -4.01. The molecule has 0 spiro atoms. The molecule has 1 aliphatic heterocycles. The Kier molecular flexibility index (Phi) is 6.07. The van der Waals surface area contributed by atoms with E-state index in [0.717, 1.165) is 28.6 Å². The summed E-state index contributed by atoms with van der Waals surface area (Å²) in [6.45, 7) is 2.75. The number of carbonyl (C=O) groups excluding carboxylic acids is 1. The highest BCUT2D eigenvalue weighted by atomic mass is 19.3. The largest absolute Gasteiger partial charge is 0.493 e. The van der Waals surface area contributed by atoms with Crippen molar-refractivity contribution < 1.29 is 27.4 Å². The van der Waals surface area contributed by atoms with E-state index in [1.54, 1.807) is 42.1 Å². The van der Waals surface area contributed by atoms with Gasteiger partial charge in [-0.3, -0.25) is 4.79 Å². The number of benzene rings is 3. The number of halogens is 3. The Balaban J connectivity index is 1.46. The Morgan fingerprint density at radius 3 is 2.67 bits per heavy atom. The molecule has 186 valence electrons. The van der Waals surface area contributed by atoms with Crippen molar-refractivity contribution in [1.82, 2.24) is 15.1 Å².